The first kappa shape index (κ1) is 18.0. The normalized spacial score (nSPS) is 13.2. The maximum Gasteiger partial charge on any atom is 0.251 e. The van der Waals surface area contributed by atoms with Gasteiger partial charge in [0.05, 0.1) is 10.3 Å². The van der Waals surface area contributed by atoms with Gasteiger partial charge < -0.3 is 5.32 Å². The second-order valence-electron chi connectivity index (χ2n) is 5.10. The lowest BCUT2D eigenvalue weighted by Crippen LogP contribution is -2.33. The lowest BCUT2D eigenvalue weighted by Gasteiger charge is -2.19. The fraction of sp³-hybridized carbons (Fsp3) is 0.533. The molecule has 118 valence electrons. The van der Waals surface area contributed by atoms with E-state index in [0.29, 0.717) is 18.0 Å². The highest BCUT2D eigenvalue weighted by Crippen LogP contribution is 2.18. The molecular weight excluding hydrogens is 310 g/mol. The van der Waals surface area contributed by atoms with Crippen molar-refractivity contribution in [3.8, 4) is 0 Å². The first-order valence-electron chi connectivity index (χ1n) is 7.02. The summed E-state index contributed by atoms with van der Waals surface area (Å²) in [6.45, 7) is 4.51. The maximum absolute atomic E-state index is 12.1. The summed E-state index contributed by atoms with van der Waals surface area (Å²) < 4.78 is 23.0. The van der Waals surface area contributed by atoms with E-state index in [1.165, 1.54) is 12.1 Å². The van der Waals surface area contributed by atoms with E-state index in [2.05, 4.69) is 19.2 Å². The van der Waals surface area contributed by atoms with Crippen molar-refractivity contribution < 1.29 is 13.2 Å². The third-order valence-electron chi connectivity index (χ3n) is 3.54. The molecule has 0 fully saturated rings. The Morgan fingerprint density at radius 1 is 1.29 bits per heavy atom. The van der Waals surface area contributed by atoms with Crippen molar-refractivity contribution in [1.82, 2.24) is 5.32 Å². The SMILES string of the molecule is CCC(CC)C(Cl)CNC(=O)c1cccc(S(C)(=O)=O)c1. The largest absolute Gasteiger partial charge is 0.351 e. The van der Waals surface area contributed by atoms with Crippen LogP contribution in [0.3, 0.4) is 0 Å². The van der Waals surface area contributed by atoms with E-state index in [1.807, 2.05) is 0 Å². The molecule has 0 radical (unpaired) electrons. The van der Waals surface area contributed by atoms with Crippen LogP contribution in [0.15, 0.2) is 29.2 Å². The van der Waals surface area contributed by atoms with Crippen molar-refractivity contribution in [3.63, 3.8) is 0 Å². The summed E-state index contributed by atoms with van der Waals surface area (Å²) in [7, 11) is -3.32. The Bertz CT molecular complexity index is 582. The molecule has 0 bridgehead atoms. The van der Waals surface area contributed by atoms with E-state index in [0.717, 1.165) is 19.1 Å². The van der Waals surface area contributed by atoms with Crippen molar-refractivity contribution in [2.45, 2.75) is 37.0 Å². The standard InChI is InChI=1S/C15H22ClNO3S/c1-4-11(5-2)14(16)10-17-15(18)12-7-6-8-13(9-12)21(3,19)20/h6-9,11,14H,4-5,10H2,1-3H3,(H,17,18). The minimum Gasteiger partial charge on any atom is -0.351 e. The average Bonchev–Trinajstić information content (AvgIpc) is 2.45. The summed E-state index contributed by atoms with van der Waals surface area (Å²) in [5, 5.41) is 2.64. The van der Waals surface area contributed by atoms with Crippen LogP contribution in [-0.2, 0) is 9.84 Å². The number of carbonyl (C=O) groups excluding carboxylic acids is 1. The Labute approximate surface area is 131 Å². The van der Waals surface area contributed by atoms with Gasteiger partial charge in [-0.2, -0.15) is 0 Å². The Hall–Kier alpha value is -1.07. The smallest absolute Gasteiger partial charge is 0.251 e. The average molecular weight is 332 g/mol. The molecule has 1 unspecified atom stereocenters. The third-order valence-corrected chi connectivity index (χ3v) is 5.16. The molecule has 6 heteroatoms. The van der Waals surface area contributed by atoms with Crippen molar-refractivity contribution >= 4 is 27.3 Å². The number of nitrogens with one attached hydrogen (secondary N) is 1. The summed E-state index contributed by atoms with van der Waals surface area (Å²) >= 11 is 6.27. The van der Waals surface area contributed by atoms with E-state index >= 15 is 0 Å². The van der Waals surface area contributed by atoms with Gasteiger partial charge in [0, 0.05) is 18.4 Å². The van der Waals surface area contributed by atoms with Gasteiger partial charge in [-0.3, -0.25) is 4.79 Å². The summed E-state index contributed by atoms with van der Waals surface area (Å²) in [6.07, 6.45) is 3.04. The molecule has 1 aromatic carbocycles. The molecule has 1 atom stereocenters. The maximum atomic E-state index is 12.1. The van der Waals surface area contributed by atoms with Crippen molar-refractivity contribution in [2.24, 2.45) is 5.92 Å². The highest BCUT2D eigenvalue weighted by molar-refractivity contribution is 7.90. The van der Waals surface area contributed by atoms with Crippen LogP contribution in [0.1, 0.15) is 37.0 Å². The van der Waals surface area contributed by atoms with Crippen LogP contribution in [0.25, 0.3) is 0 Å². The number of rotatable bonds is 7. The van der Waals surface area contributed by atoms with Crippen molar-refractivity contribution in [1.29, 1.82) is 0 Å². The van der Waals surface area contributed by atoms with Crippen LogP contribution in [-0.4, -0.2) is 32.5 Å². The molecule has 0 saturated carbocycles. The van der Waals surface area contributed by atoms with E-state index in [1.54, 1.807) is 12.1 Å². The Kier molecular flexibility index (Phi) is 6.68. The predicted octanol–water partition coefficient (Wildman–Crippen LogP) is 2.86. The summed E-state index contributed by atoms with van der Waals surface area (Å²) in [6, 6.07) is 6.00. The van der Waals surface area contributed by atoms with Gasteiger partial charge in [-0.1, -0.05) is 32.8 Å². The Morgan fingerprint density at radius 2 is 1.90 bits per heavy atom. The molecule has 0 aliphatic rings. The highest BCUT2D eigenvalue weighted by atomic mass is 35.5. The molecule has 1 rings (SSSR count). The second kappa shape index (κ2) is 7.80. The minimum atomic E-state index is -3.32. The fourth-order valence-electron chi connectivity index (χ4n) is 2.13. The number of carbonyl (C=O) groups is 1. The summed E-state index contributed by atoms with van der Waals surface area (Å²) in [5.74, 6) is 0.0476. The van der Waals surface area contributed by atoms with Gasteiger partial charge in [0.2, 0.25) is 0 Å². The Morgan fingerprint density at radius 3 is 2.43 bits per heavy atom. The van der Waals surface area contributed by atoms with E-state index in [9.17, 15) is 13.2 Å². The molecule has 1 N–H and O–H groups in total. The number of amides is 1. The lowest BCUT2D eigenvalue weighted by molar-refractivity contribution is 0.0951. The third kappa shape index (κ3) is 5.32. The summed E-state index contributed by atoms with van der Waals surface area (Å²) in [4.78, 5) is 12.2. The van der Waals surface area contributed by atoms with Gasteiger partial charge in [0.1, 0.15) is 0 Å². The van der Waals surface area contributed by atoms with Crippen LogP contribution in [0.5, 0.6) is 0 Å². The van der Waals surface area contributed by atoms with Gasteiger partial charge in [-0.15, -0.1) is 11.6 Å². The Balaban J connectivity index is 2.73. The number of sulfone groups is 1. The zero-order chi connectivity index (χ0) is 16.0. The number of alkyl halides is 1. The summed E-state index contributed by atoms with van der Waals surface area (Å²) in [5.41, 5.74) is 0.325. The zero-order valence-corrected chi connectivity index (χ0v) is 14.2. The lowest BCUT2D eigenvalue weighted by atomic mass is 9.99. The van der Waals surface area contributed by atoms with Crippen LogP contribution < -0.4 is 5.32 Å². The molecule has 0 aromatic heterocycles. The highest BCUT2D eigenvalue weighted by Gasteiger charge is 2.17. The van der Waals surface area contributed by atoms with Gasteiger partial charge in [-0.25, -0.2) is 8.42 Å². The van der Waals surface area contributed by atoms with Crippen LogP contribution >= 0.6 is 11.6 Å². The molecular formula is C15H22ClNO3S. The fourth-order valence-corrected chi connectivity index (χ4v) is 3.23. The first-order valence-corrected chi connectivity index (χ1v) is 9.34. The molecule has 21 heavy (non-hydrogen) atoms. The number of hydrogen-bond acceptors (Lipinski definition) is 3. The van der Waals surface area contributed by atoms with E-state index in [-0.39, 0.29) is 16.2 Å². The van der Waals surface area contributed by atoms with Gasteiger partial charge in [-0.05, 0) is 24.1 Å². The van der Waals surface area contributed by atoms with E-state index in [4.69, 9.17) is 11.6 Å². The number of benzene rings is 1. The number of halogens is 1. The number of hydrogen-bond donors (Lipinski definition) is 1. The minimum absolute atomic E-state index is 0.123. The molecule has 0 aliphatic heterocycles. The van der Waals surface area contributed by atoms with Gasteiger partial charge in [0.25, 0.3) is 5.91 Å². The van der Waals surface area contributed by atoms with Crippen molar-refractivity contribution in [2.75, 3.05) is 12.8 Å². The van der Waals surface area contributed by atoms with E-state index < -0.39 is 9.84 Å². The molecule has 0 saturated heterocycles. The molecule has 1 amide bonds. The molecule has 0 spiro atoms. The van der Waals surface area contributed by atoms with Gasteiger partial charge in [0.15, 0.2) is 9.84 Å². The monoisotopic (exact) mass is 331 g/mol. The van der Waals surface area contributed by atoms with Crippen LogP contribution in [0.2, 0.25) is 0 Å². The molecule has 0 aliphatic carbocycles. The molecule has 1 aromatic rings. The van der Waals surface area contributed by atoms with Crippen LogP contribution in [0.4, 0.5) is 0 Å². The van der Waals surface area contributed by atoms with Gasteiger partial charge >= 0.3 is 0 Å². The zero-order valence-electron chi connectivity index (χ0n) is 12.6. The van der Waals surface area contributed by atoms with Crippen LogP contribution in [0, 0.1) is 5.92 Å². The predicted molar refractivity (Wildman–Crippen MR) is 85.6 cm³/mol. The quantitative estimate of drug-likeness (QED) is 0.781. The molecule has 4 nitrogen and oxygen atoms in total. The second-order valence-corrected chi connectivity index (χ2v) is 7.68. The first-order chi connectivity index (χ1) is 9.79. The van der Waals surface area contributed by atoms with Crippen molar-refractivity contribution in [3.05, 3.63) is 29.8 Å². The topological polar surface area (TPSA) is 63.2 Å². The molecule has 0 heterocycles.